The van der Waals surface area contributed by atoms with Crippen molar-refractivity contribution in [1.82, 2.24) is 19.7 Å². The van der Waals surface area contributed by atoms with Crippen molar-refractivity contribution < 1.29 is 14.4 Å². The summed E-state index contributed by atoms with van der Waals surface area (Å²) in [6, 6.07) is 14.2. The van der Waals surface area contributed by atoms with Crippen LogP contribution in [0, 0.1) is 0 Å². The fourth-order valence-corrected chi connectivity index (χ4v) is 3.93. The Kier molecular flexibility index (Phi) is 5.84. The number of nitrogens with zero attached hydrogens (tertiary/aromatic N) is 4. The van der Waals surface area contributed by atoms with Crippen molar-refractivity contribution in [2.45, 2.75) is 32.7 Å². The molecule has 0 spiro atoms. The van der Waals surface area contributed by atoms with Gasteiger partial charge in [-0.2, -0.15) is 9.78 Å². The van der Waals surface area contributed by atoms with Gasteiger partial charge in [-0.25, -0.2) is 4.98 Å². The zero-order valence-electron chi connectivity index (χ0n) is 18.0. The molecule has 8 nitrogen and oxygen atoms in total. The first-order valence-corrected chi connectivity index (χ1v) is 11.1. The Morgan fingerprint density at radius 3 is 2.59 bits per heavy atom. The summed E-state index contributed by atoms with van der Waals surface area (Å²) >= 11 is 0.991. The Morgan fingerprint density at radius 1 is 1.12 bits per heavy atom. The van der Waals surface area contributed by atoms with Gasteiger partial charge in [-0.1, -0.05) is 50.7 Å². The summed E-state index contributed by atoms with van der Waals surface area (Å²) in [6.45, 7) is 6.29. The molecule has 0 aliphatic carbocycles. The lowest BCUT2D eigenvalue weighted by Crippen LogP contribution is -2.28. The van der Waals surface area contributed by atoms with E-state index in [0.29, 0.717) is 22.8 Å². The molecule has 1 N–H and O–H groups in total. The normalized spacial score (nSPS) is 14.2. The highest BCUT2D eigenvalue weighted by Crippen LogP contribution is 2.26. The number of hydrogen-bond acceptors (Lipinski definition) is 6. The van der Waals surface area contributed by atoms with Crippen molar-refractivity contribution in [3.63, 3.8) is 0 Å². The largest absolute Gasteiger partial charge is 0.306 e. The monoisotopic (exact) mass is 449 g/mol. The highest BCUT2D eigenvalue weighted by Gasteiger charge is 2.30. The van der Waals surface area contributed by atoms with Gasteiger partial charge in [0.2, 0.25) is 5.91 Å². The lowest BCUT2D eigenvalue weighted by molar-refractivity contribution is -0.125. The first-order chi connectivity index (χ1) is 15.2. The number of nitrogens with one attached hydrogen (secondary N) is 1. The third-order valence-electron chi connectivity index (χ3n) is 4.96. The van der Waals surface area contributed by atoms with Crippen LogP contribution in [0.3, 0.4) is 0 Å². The molecule has 0 bridgehead atoms. The Bertz CT molecular complexity index is 1170. The van der Waals surface area contributed by atoms with Crippen molar-refractivity contribution in [2.75, 3.05) is 11.1 Å². The Hall–Kier alpha value is -3.46. The summed E-state index contributed by atoms with van der Waals surface area (Å²) in [7, 11) is 0. The van der Waals surface area contributed by atoms with E-state index in [9.17, 15) is 14.4 Å². The van der Waals surface area contributed by atoms with E-state index in [1.54, 1.807) is 35.1 Å². The van der Waals surface area contributed by atoms with Crippen molar-refractivity contribution in [2.24, 2.45) is 0 Å². The molecule has 1 aliphatic rings. The van der Waals surface area contributed by atoms with Gasteiger partial charge in [0.15, 0.2) is 5.82 Å². The number of carbonyl (C=O) groups is 3. The number of benzene rings is 1. The second kappa shape index (κ2) is 8.58. The fourth-order valence-electron chi connectivity index (χ4n) is 3.21. The van der Waals surface area contributed by atoms with E-state index in [-0.39, 0.29) is 34.8 Å². The van der Waals surface area contributed by atoms with Crippen LogP contribution >= 0.6 is 11.8 Å². The van der Waals surface area contributed by atoms with Gasteiger partial charge in [0.05, 0.1) is 18.0 Å². The molecule has 1 aromatic carbocycles. The molecule has 0 saturated carbocycles. The molecule has 0 unspecified atom stereocenters. The number of hydrogen-bond donors (Lipinski definition) is 1. The van der Waals surface area contributed by atoms with E-state index in [0.717, 1.165) is 17.5 Å². The molecular formula is C23H23N5O3S. The number of amides is 3. The first-order valence-electron chi connectivity index (χ1n) is 10.1. The average molecular weight is 450 g/mol. The number of imide groups is 1. The smallest absolute Gasteiger partial charge is 0.289 e. The molecule has 4 rings (SSSR count). The third kappa shape index (κ3) is 4.57. The van der Waals surface area contributed by atoms with E-state index in [1.165, 1.54) is 4.90 Å². The van der Waals surface area contributed by atoms with Crippen LogP contribution in [0.25, 0.3) is 5.82 Å². The Morgan fingerprint density at radius 2 is 1.94 bits per heavy atom. The van der Waals surface area contributed by atoms with Gasteiger partial charge in [0, 0.05) is 23.2 Å². The van der Waals surface area contributed by atoms with Gasteiger partial charge < -0.3 is 5.32 Å². The van der Waals surface area contributed by atoms with E-state index in [2.05, 4.69) is 15.4 Å². The standard InChI is InChI=1S/C23H23N5O3S/c1-23(2,3)17-12-19(28(26-17)18-9-4-5-10-24-18)25-21(30)16-8-6-7-15(11-16)13-27-20(29)14-32-22(27)31/h4-12H,13-14H2,1-3H3,(H,25,30). The summed E-state index contributed by atoms with van der Waals surface area (Å²) in [5, 5.41) is 7.32. The molecule has 3 amide bonds. The van der Waals surface area contributed by atoms with Crippen LogP contribution in [-0.2, 0) is 16.8 Å². The third-order valence-corrected chi connectivity index (χ3v) is 5.81. The first kappa shape index (κ1) is 21.8. The van der Waals surface area contributed by atoms with Crippen molar-refractivity contribution >= 4 is 34.6 Å². The molecule has 3 aromatic rings. The van der Waals surface area contributed by atoms with E-state index in [1.807, 2.05) is 45.0 Å². The SMILES string of the molecule is CC(C)(C)c1cc(NC(=O)c2cccc(CN3C(=O)CSC3=O)c2)n(-c2ccccn2)n1. The minimum absolute atomic E-state index is 0.145. The number of carbonyl (C=O) groups excluding carboxylic acids is 3. The summed E-state index contributed by atoms with van der Waals surface area (Å²) in [6.07, 6.45) is 1.67. The molecule has 0 atom stereocenters. The lowest BCUT2D eigenvalue weighted by atomic mass is 9.92. The lowest BCUT2D eigenvalue weighted by Gasteiger charge is -2.13. The van der Waals surface area contributed by atoms with Gasteiger partial charge >= 0.3 is 0 Å². The van der Waals surface area contributed by atoms with Gasteiger partial charge in [0.25, 0.3) is 11.1 Å². The molecule has 9 heteroatoms. The molecule has 0 radical (unpaired) electrons. The van der Waals surface area contributed by atoms with Crippen molar-refractivity contribution in [3.05, 3.63) is 71.5 Å². The highest BCUT2D eigenvalue weighted by molar-refractivity contribution is 8.14. The van der Waals surface area contributed by atoms with Crippen molar-refractivity contribution in [1.29, 1.82) is 0 Å². The number of rotatable bonds is 5. The maximum atomic E-state index is 13.1. The van der Waals surface area contributed by atoms with Crippen molar-refractivity contribution in [3.8, 4) is 5.82 Å². The van der Waals surface area contributed by atoms with Gasteiger partial charge in [-0.05, 0) is 29.8 Å². The minimum Gasteiger partial charge on any atom is -0.306 e. The van der Waals surface area contributed by atoms with Crippen LogP contribution in [0.4, 0.5) is 10.6 Å². The van der Waals surface area contributed by atoms with E-state index < -0.39 is 0 Å². The molecule has 3 heterocycles. The van der Waals surface area contributed by atoms with E-state index in [4.69, 9.17) is 0 Å². The van der Waals surface area contributed by atoms with Gasteiger partial charge in [-0.3, -0.25) is 19.3 Å². The Balaban J connectivity index is 1.60. The average Bonchev–Trinajstić information content (AvgIpc) is 3.33. The Labute approximate surface area is 190 Å². The van der Waals surface area contributed by atoms with Crippen LogP contribution in [0.2, 0.25) is 0 Å². The maximum absolute atomic E-state index is 13.1. The summed E-state index contributed by atoms with van der Waals surface area (Å²) in [5.74, 6) is 0.717. The number of anilines is 1. The van der Waals surface area contributed by atoms with Crippen LogP contribution < -0.4 is 5.32 Å². The number of thioether (sulfide) groups is 1. The number of aromatic nitrogens is 3. The molecule has 2 aromatic heterocycles. The second-order valence-electron chi connectivity index (χ2n) is 8.45. The van der Waals surface area contributed by atoms with Gasteiger partial charge in [0.1, 0.15) is 5.82 Å². The topological polar surface area (TPSA) is 97.2 Å². The van der Waals surface area contributed by atoms with Crippen LogP contribution in [0.15, 0.2) is 54.7 Å². The van der Waals surface area contributed by atoms with Crippen LogP contribution in [0.1, 0.15) is 42.4 Å². The van der Waals surface area contributed by atoms with Crippen LogP contribution in [0.5, 0.6) is 0 Å². The molecule has 1 saturated heterocycles. The molecule has 1 aliphatic heterocycles. The zero-order valence-corrected chi connectivity index (χ0v) is 18.8. The predicted octanol–water partition coefficient (Wildman–Crippen LogP) is 4.01. The molecule has 32 heavy (non-hydrogen) atoms. The zero-order chi connectivity index (χ0) is 22.9. The summed E-state index contributed by atoms with van der Waals surface area (Å²) in [5.41, 5.74) is 1.72. The van der Waals surface area contributed by atoms with Gasteiger partial charge in [-0.15, -0.1) is 0 Å². The summed E-state index contributed by atoms with van der Waals surface area (Å²) < 4.78 is 1.61. The second-order valence-corrected chi connectivity index (χ2v) is 9.38. The highest BCUT2D eigenvalue weighted by atomic mass is 32.2. The molecular weight excluding hydrogens is 426 g/mol. The predicted molar refractivity (Wildman–Crippen MR) is 123 cm³/mol. The van der Waals surface area contributed by atoms with E-state index >= 15 is 0 Å². The number of pyridine rings is 1. The quantitative estimate of drug-likeness (QED) is 0.632. The molecule has 164 valence electrons. The van der Waals surface area contributed by atoms with Crippen LogP contribution in [-0.4, -0.2) is 42.5 Å². The molecule has 1 fully saturated rings. The minimum atomic E-state index is -0.321. The maximum Gasteiger partial charge on any atom is 0.289 e. The fraction of sp³-hybridized carbons (Fsp3) is 0.261. The summed E-state index contributed by atoms with van der Waals surface area (Å²) in [4.78, 5) is 42.4.